The Labute approximate surface area is 122 Å². The smallest absolute Gasteiger partial charge is 0.187 e. The topological polar surface area (TPSA) is 36.4 Å². The van der Waals surface area contributed by atoms with Gasteiger partial charge in [-0.05, 0) is 38.8 Å². The highest BCUT2D eigenvalue weighted by atomic mass is 35.5. The van der Waals surface area contributed by atoms with E-state index >= 15 is 0 Å². The second-order valence-corrected chi connectivity index (χ2v) is 6.82. The summed E-state index contributed by atoms with van der Waals surface area (Å²) in [5.74, 6) is 0.717. The van der Waals surface area contributed by atoms with Crippen LogP contribution in [0.4, 0.5) is 5.13 Å². The molecule has 2 saturated heterocycles. The summed E-state index contributed by atoms with van der Waals surface area (Å²) in [5.41, 5.74) is 0. The Morgan fingerprint density at radius 1 is 1.42 bits per heavy atom. The van der Waals surface area contributed by atoms with Crippen molar-refractivity contribution in [2.45, 2.75) is 25.3 Å². The number of nitrogens with zero attached hydrogens (tertiary/aromatic N) is 3. The molecule has 104 valence electrons. The van der Waals surface area contributed by atoms with E-state index in [1.54, 1.807) is 0 Å². The minimum Gasteiger partial charge on any atom is -0.348 e. The molecule has 2 aliphatic heterocycles. The van der Waals surface area contributed by atoms with Gasteiger partial charge in [-0.3, -0.25) is 4.79 Å². The maximum atomic E-state index is 10.9. The van der Waals surface area contributed by atoms with Gasteiger partial charge in [0.25, 0.3) is 0 Å². The standard InChI is InChI=1S/C13H18ClN3OS/c1-16-5-2-3-9-7-17(6-4-10(9)16)13-15-12(14)11(8-18)19-13/h8-10H,2-7H2,1H3. The number of thiazole rings is 1. The van der Waals surface area contributed by atoms with Gasteiger partial charge < -0.3 is 9.80 Å². The third-order valence-electron chi connectivity index (χ3n) is 4.32. The summed E-state index contributed by atoms with van der Waals surface area (Å²) in [4.78, 5) is 20.5. The maximum Gasteiger partial charge on any atom is 0.187 e. The van der Waals surface area contributed by atoms with E-state index in [4.69, 9.17) is 11.6 Å². The van der Waals surface area contributed by atoms with Crippen LogP contribution in [-0.2, 0) is 0 Å². The van der Waals surface area contributed by atoms with Crippen molar-refractivity contribution < 1.29 is 4.79 Å². The van der Waals surface area contributed by atoms with Crippen molar-refractivity contribution >= 4 is 34.4 Å². The Hall–Kier alpha value is -0.650. The molecule has 3 heterocycles. The fourth-order valence-corrected chi connectivity index (χ4v) is 4.43. The zero-order chi connectivity index (χ0) is 13.4. The number of aromatic nitrogens is 1. The first-order valence-corrected chi connectivity index (χ1v) is 7.95. The summed E-state index contributed by atoms with van der Waals surface area (Å²) in [5, 5.41) is 1.25. The quantitative estimate of drug-likeness (QED) is 0.786. The van der Waals surface area contributed by atoms with Crippen molar-refractivity contribution in [1.82, 2.24) is 9.88 Å². The van der Waals surface area contributed by atoms with Crippen LogP contribution < -0.4 is 4.90 Å². The molecule has 2 aliphatic rings. The Bertz CT molecular complexity index is 478. The molecular formula is C13H18ClN3OS. The second kappa shape index (κ2) is 5.38. The molecule has 0 amide bonds. The lowest BCUT2D eigenvalue weighted by Gasteiger charge is -2.45. The Morgan fingerprint density at radius 2 is 2.26 bits per heavy atom. The molecule has 2 atom stereocenters. The summed E-state index contributed by atoms with van der Waals surface area (Å²) >= 11 is 7.37. The Balaban J connectivity index is 1.75. The van der Waals surface area contributed by atoms with Crippen molar-refractivity contribution in [2.24, 2.45) is 5.92 Å². The number of aldehydes is 1. The zero-order valence-corrected chi connectivity index (χ0v) is 12.6. The van der Waals surface area contributed by atoms with Crippen molar-refractivity contribution in [3.63, 3.8) is 0 Å². The highest BCUT2D eigenvalue weighted by Gasteiger charge is 2.35. The van der Waals surface area contributed by atoms with Gasteiger partial charge in [-0.25, -0.2) is 4.98 Å². The number of hydrogen-bond acceptors (Lipinski definition) is 5. The van der Waals surface area contributed by atoms with Crippen LogP contribution in [0.25, 0.3) is 0 Å². The molecule has 0 aliphatic carbocycles. The van der Waals surface area contributed by atoms with Crippen molar-refractivity contribution in [3.05, 3.63) is 10.0 Å². The van der Waals surface area contributed by atoms with E-state index in [9.17, 15) is 4.79 Å². The number of carbonyl (C=O) groups excluding carboxylic acids is 1. The summed E-state index contributed by atoms with van der Waals surface area (Å²) in [7, 11) is 2.23. The molecule has 2 unspecified atom stereocenters. The third-order valence-corrected chi connectivity index (χ3v) is 5.76. The van der Waals surface area contributed by atoms with E-state index in [0.717, 1.165) is 30.4 Å². The third kappa shape index (κ3) is 2.51. The molecular weight excluding hydrogens is 282 g/mol. The number of fused-ring (bicyclic) bond motifs is 1. The van der Waals surface area contributed by atoms with Gasteiger partial charge in [0, 0.05) is 19.1 Å². The molecule has 0 N–H and O–H groups in total. The molecule has 4 nitrogen and oxygen atoms in total. The van der Waals surface area contributed by atoms with Crippen LogP contribution in [0.5, 0.6) is 0 Å². The molecule has 6 heteroatoms. The van der Waals surface area contributed by atoms with Crippen LogP contribution in [0.3, 0.4) is 0 Å². The molecule has 0 bridgehead atoms. The van der Waals surface area contributed by atoms with E-state index in [-0.39, 0.29) is 0 Å². The van der Waals surface area contributed by atoms with Gasteiger partial charge in [-0.15, -0.1) is 0 Å². The van der Waals surface area contributed by atoms with Crippen molar-refractivity contribution in [3.8, 4) is 0 Å². The average Bonchev–Trinajstić information content (AvgIpc) is 2.80. The fraction of sp³-hybridized carbons (Fsp3) is 0.692. The van der Waals surface area contributed by atoms with Gasteiger partial charge in [0.1, 0.15) is 4.88 Å². The minimum absolute atomic E-state index is 0.345. The van der Waals surface area contributed by atoms with E-state index in [1.165, 1.54) is 37.1 Å². The zero-order valence-electron chi connectivity index (χ0n) is 11.0. The predicted molar refractivity (Wildman–Crippen MR) is 78.5 cm³/mol. The van der Waals surface area contributed by atoms with Crippen molar-refractivity contribution in [1.29, 1.82) is 0 Å². The van der Waals surface area contributed by atoms with Crippen LogP contribution in [0.15, 0.2) is 0 Å². The van der Waals surface area contributed by atoms with Gasteiger partial charge >= 0.3 is 0 Å². The number of rotatable bonds is 2. The lowest BCUT2D eigenvalue weighted by molar-refractivity contribution is 0.102. The van der Waals surface area contributed by atoms with E-state index < -0.39 is 0 Å². The van der Waals surface area contributed by atoms with E-state index in [0.29, 0.717) is 16.1 Å². The molecule has 0 aromatic carbocycles. The summed E-state index contributed by atoms with van der Waals surface area (Å²) < 4.78 is 0. The highest BCUT2D eigenvalue weighted by molar-refractivity contribution is 7.17. The fourth-order valence-electron chi connectivity index (χ4n) is 3.34. The van der Waals surface area contributed by atoms with Crippen LogP contribution in [0, 0.1) is 5.92 Å². The molecule has 19 heavy (non-hydrogen) atoms. The predicted octanol–water partition coefficient (Wildman–Crippen LogP) is 2.53. The number of likely N-dealkylation sites (tertiary alicyclic amines) is 1. The van der Waals surface area contributed by atoms with Crippen LogP contribution in [0.2, 0.25) is 5.15 Å². The first kappa shape index (κ1) is 13.3. The minimum atomic E-state index is 0.345. The lowest BCUT2D eigenvalue weighted by Crippen LogP contribution is -2.52. The number of hydrogen-bond donors (Lipinski definition) is 0. The van der Waals surface area contributed by atoms with Gasteiger partial charge in [0.2, 0.25) is 0 Å². The first-order valence-electron chi connectivity index (χ1n) is 6.75. The highest BCUT2D eigenvalue weighted by Crippen LogP contribution is 2.35. The number of anilines is 1. The SMILES string of the molecule is CN1CCCC2CN(c3nc(Cl)c(C=O)s3)CCC21. The van der Waals surface area contributed by atoms with Crippen LogP contribution >= 0.6 is 22.9 Å². The summed E-state index contributed by atoms with van der Waals surface area (Å²) in [6.45, 7) is 3.27. The maximum absolute atomic E-state index is 10.9. The van der Waals surface area contributed by atoms with Crippen LogP contribution in [0.1, 0.15) is 28.9 Å². The molecule has 1 aromatic rings. The van der Waals surface area contributed by atoms with Gasteiger partial charge in [-0.2, -0.15) is 0 Å². The van der Waals surface area contributed by atoms with Gasteiger partial charge in [-0.1, -0.05) is 22.9 Å². The number of piperidine rings is 2. The first-order chi connectivity index (χ1) is 9.19. The van der Waals surface area contributed by atoms with E-state index in [1.807, 2.05) is 0 Å². The Morgan fingerprint density at radius 3 is 3.00 bits per heavy atom. The lowest BCUT2D eigenvalue weighted by atomic mass is 9.84. The molecule has 2 fully saturated rings. The molecule has 0 saturated carbocycles. The normalized spacial score (nSPS) is 28.2. The molecule has 1 aromatic heterocycles. The summed E-state index contributed by atoms with van der Waals surface area (Å²) in [6, 6.07) is 0.714. The number of halogens is 1. The second-order valence-electron chi connectivity index (χ2n) is 5.45. The van der Waals surface area contributed by atoms with E-state index in [2.05, 4.69) is 21.8 Å². The van der Waals surface area contributed by atoms with Crippen LogP contribution in [-0.4, -0.2) is 48.9 Å². The Kier molecular flexibility index (Phi) is 3.78. The largest absolute Gasteiger partial charge is 0.348 e. The van der Waals surface area contributed by atoms with Gasteiger partial charge in [0.05, 0.1) is 0 Å². The molecule has 0 radical (unpaired) electrons. The van der Waals surface area contributed by atoms with Crippen molar-refractivity contribution in [2.75, 3.05) is 31.6 Å². The average molecular weight is 300 g/mol. The number of carbonyl (C=O) groups is 1. The monoisotopic (exact) mass is 299 g/mol. The molecule has 0 spiro atoms. The molecule has 3 rings (SSSR count). The summed E-state index contributed by atoms with van der Waals surface area (Å²) in [6.07, 6.45) is 4.55. The van der Waals surface area contributed by atoms with Gasteiger partial charge in [0.15, 0.2) is 16.6 Å².